The number of para-hydroxylation sites is 1. The summed E-state index contributed by atoms with van der Waals surface area (Å²) in [5.41, 5.74) is 0.883. The molecule has 3 amide bonds. The molecule has 0 radical (unpaired) electrons. The number of hydrogen-bond acceptors (Lipinski definition) is 8. The molecule has 2 unspecified atom stereocenters. The van der Waals surface area contributed by atoms with Crippen molar-refractivity contribution in [2.24, 2.45) is 11.8 Å². The maximum atomic E-state index is 13.7. The number of fused-ring (bicyclic) bond motifs is 2. The van der Waals surface area contributed by atoms with Crippen LogP contribution in [0.1, 0.15) is 19.8 Å². The van der Waals surface area contributed by atoms with Crippen molar-refractivity contribution < 1.29 is 29.0 Å². The van der Waals surface area contributed by atoms with Crippen molar-refractivity contribution in [2.45, 2.75) is 44.2 Å². The molecule has 3 aliphatic rings. The van der Waals surface area contributed by atoms with Gasteiger partial charge in [0.1, 0.15) is 29.6 Å². The number of aromatic nitrogens is 3. The van der Waals surface area contributed by atoms with E-state index in [4.69, 9.17) is 9.47 Å². The topological polar surface area (TPSA) is 148 Å². The molecule has 3 saturated heterocycles. The van der Waals surface area contributed by atoms with Crippen molar-refractivity contribution in [3.05, 3.63) is 48.5 Å². The van der Waals surface area contributed by atoms with Gasteiger partial charge >= 0.3 is 0 Å². The molecule has 3 N–H and O–H groups in total. The quantitative estimate of drug-likeness (QED) is 0.367. The number of nitrogens with one attached hydrogen (secondary N) is 2. The first kappa shape index (κ1) is 25.3. The zero-order valence-corrected chi connectivity index (χ0v) is 21.4. The van der Waals surface area contributed by atoms with Gasteiger partial charge < -0.3 is 30.1 Å². The molecule has 4 heterocycles. The lowest BCUT2D eigenvalue weighted by Gasteiger charge is -2.33. The van der Waals surface area contributed by atoms with E-state index in [9.17, 15) is 19.5 Å². The summed E-state index contributed by atoms with van der Waals surface area (Å²) in [7, 11) is 0. The average molecular weight is 535 g/mol. The molecule has 2 bridgehead atoms. The van der Waals surface area contributed by atoms with E-state index in [0.29, 0.717) is 36.4 Å². The third-order valence-electron chi connectivity index (χ3n) is 7.95. The van der Waals surface area contributed by atoms with Gasteiger partial charge in [0, 0.05) is 12.2 Å². The minimum Gasteiger partial charge on any atom is -0.494 e. The number of ether oxygens (including phenoxy) is 2. The van der Waals surface area contributed by atoms with Crippen LogP contribution in [-0.2, 0) is 25.8 Å². The number of amides is 3. The fourth-order valence-corrected chi connectivity index (χ4v) is 6.41. The summed E-state index contributed by atoms with van der Waals surface area (Å²) < 4.78 is 13.4. The van der Waals surface area contributed by atoms with E-state index in [-0.39, 0.29) is 31.6 Å². The number of aliphatic hydroxyl groups excluding tert-OH is 1. The van der Waals surface area contributed by atoms with Gasteiger partial charge in [0.25, 0.3) is 0 Å². The van der Waals surface area contributed by atoms with Crippen LogP contribution < -0.4 is 15.4 Å². The number of carbonyl (C=O) groups is 3. The van der Waals surface area contributed by atoms with Gasteiger partial charge in [-0.1, -0.05) is 17.3 Å². The van der Waals surface area contributed by atoms with E-state index < -0.39 is 35.5 Å². The average Bonchev–Trinajstić information content (AvgIpc) is 3.68. The number of nitrogens with zero attached hydrogens (tertiary/aromatic N) is 4. The molecule has 204 valence electrons. The Morgan fingerprint density at radius 1 is 1.18 bits per heavy atom. The van der Waals surface area contributed by atoms with Crippen LogP contribution >= 0.6 is 0 Å². The summed E-state index contributed by atoms with van der Waals surface area (Å²) in [5.74, 6) is -2.00. The maximum absolute atomic E-state index is 13.7. The Bertz CT molecular complexity index is 1410. The lowest BCUT2D eigenvalue weighted by molar-refractivity contribution is -0.142. The lowest BCUT2D eigenvalue weighted by atomic mass is 9.70. The molecule has 3 aromatic rings. The van der Waals surface area contributed by atoms with Gasteiger partial charge in [-0.25, -0.2) is 4.68 Å². The van der Waals surface area contributed by atoms with Crippen molar-refractivity contribution in [2.75, 3.05) is 25.1 Å². The van der Waals surface area contributed by atoms with E-state index in [1.54, 1.807) is 28.9 Å². The number of aliphatic hydroxyl groups is 1. The molecule has 1 aromatic heterocycles. The van der Waals surface area contributed by atoms with Crippen LogP contribution in [0, 0.1) is 11.8 Å². The summed E-state index contributed by atoms with van der Waals surface area (Å²) in [6.07, 6.45) is 0.537. The van der Waals surface area contributed by atoms with Crippen LogP contribution in [0.4, 0.5) is 5.69 Å². The summed E-state index contributed by atoms with van der Waals surface area (Å²) in [5, 5.41) is 23.7. The molecular weight excluding hydrogens is 504 g/mol. The first-order chi connectivity index (χ1) is 19.0. The number of rotatable bonds is 9. The van der Waals surface area contributed by atoms with E-state index in [1.165, 1.54) is 4.90 Å². The molecule has 0 aliphatic carbocycles. The number of likely N-dealkylation sites (tertiary alicyclic amines) is 1. The van der Waals surface area contributed by atoms with Gasteiger partial charge in [-0.2, -0.15) is 0 Å². The van der Waals surface area contributed by atoms with Gasteiger partial charge in [-0.05, 0) is 56.2 Å². The van der Waals surface area contributed by atoms with Crippen molar-refractivity contribution in [3.8, 4) is 5.75 Å². The fraction of sp³-hybridized carbons (Fsp3) is 0.444. The second-order valence-corrected chi connectivity index (χ2v) is 10.0. The minimum atomic E-state index is -1.15. The predicted molar refractivity (Wildman–Crippen MR) is 138 cm³/mol. The Hall–Kier alpha value is -4.03. The highest BCUT2D eigenvalue weighted by atomic mass is 16.5. The number of hydrogen-bond donors (Lipinski definition) is 3. The van der Waals surface area contributed by atoms with Crippen LogP contribution in [0.2, 0.25) is 0 Å². The van der Waals surface area contributed by atoms with Crippen molar-refractivity contribution in [1.29, 1.82) is 0 Å². The molecular formula is C27H30N6O6. The molecule has 1 spiro atoms. The van der Waals surface area contributed by atoms with Crippen molar-refractivity contribution in [3.63, 3.8) is 0 Å². The number of carbonyl (C=O) groups excluding carboxylic acids is 3. The molecule has 3 fully saturated rings. The maximum Gasteiger partial charge on any atom is 0.247 e. The predicted octanol–water partition coefficient (Wildman–Crippen LogP) is 0.909. The smallest absolute Gasteiger partial charge is 0.247 e. The summed E-state index contributed by atoms with van der Waals surface area (Å²) in [4.78, 5) is 42.2. The highest BCUT2D eigenvalue weighted by Gasteiger charge is 2.74. The van der Waals surface area contributed by atoms with E-state index >= 15 is 0 Å². The SMILES string of the molecule is CCOc1ccc(NC(=O)[C@@H]2[C@H]3C(=O)N(CCO)C(C(=O)NCn4nnc5ccccc54)C34CC[C@H]2O4)cc1. The van der Waals surface area contributed by atoms with Crippen LogP contribution in [0.3, 0.4) is 0 Å². The number of benzene rings is 2. The van der Waals surface area contributed by atoms with Gasteiger partial charge in [-0.15, -0.1) is 5.10 Å². The summed E-state index contributed by atoms with van der Waals surface area (Å²) in [6, 6.07) is 13.4. The summed E-state index contributed by atoms with van der Waals surface area (Å²) in [6.45, 7) is 2.11. The first-order valence-electron chi connectivity index (χ1n) is 13.2. The monoisotopic (exact) mass is 534 g/mol. The number of anilines is 1. The Morgan fingerprint density at radius 2 is 1.97 bits per heavy atom. The minimum absolute atomic E-state index is 0.0390. The van der Waals surface area contributed by atoms with Crippen molar-refractivity contribution in [1.82, 2.24) is 25.2 Å². The van der Waals surface area contributed by atoms with E-state index in [1.807, 2.05) is 31.2 Å². The highest BCUT2D eigenvalue weighted by molar-refractivity contribution is 6.02. The lowest BCUT2D eigenvalue weighted by Crippen LogP contribution is -2.55. The largest absolute Gasteiger partial charge is 0.494 e. The van der Waals surface area contributed by atoms with E-state index in [2.05, 4.69) is 20.9 Å². The van der Waals surface area contributed by atoms with Crippen LogP contribution in [-0.4, -0.2) is 80.2 Å². The Kier molecular flexibility index (Phi) is 6.43. The van der Waals surface area contributed by atoms with Crippen molar-refractivity contribution >= 4 is 34.4 Å². The summed E-state index contributed by atoms with van der Waals surface area (Å²) >= 11 is 0. The number of β-amino-alcohol motifs (C(OH)–C–C–N with tert-alkyl or cyclic N) is 1. The molecule has 3 aliphatic heterocycles. The van der Waals surface area contributed by atoms with Gasteiger partial charge in [0.05, 0.1) is 36.7 Å². The standard InChI is InChI=1S/C27H30N6O6/c1-2-38-17-9-7-16(8-10-17)29-24(35)21-20-11-12-27(39-20)22(21)26(37)32(13-14-34)23(27)25(36)28-15-33-19-6-4-3-5-18(19)30-31-33/h3-10,20-23,34H,2,11-15H2,1H3,(H,28,36)(H,29,35)/t20-,21+,22+,23?,27?/m1/s1. The van der Waals surface area contributed by atoms with Crippen LogP contribution in [0.5, 0.6) is 5.75 Å². The van der Waals surface area contributed by atoms with Crippen LogP contribution in [0.25, 0.3) is 11.0 Å². The Morgan fingerprint density at radius 3 is 2.74 bits per heavy atom. The second-order valence-electron chi connectivity index (χ2n) is 10.0. The Labute approximate surface area is 224 Å². The fourth-order valence-electron chi connectivity index (χ4n) is 6.41. The van der Waals surface area contributed by atoms with Gasteiger partial charge in [-0.3, -0.25) is 14.4 Å². The zero-order chi connectivity index (χ0) is 27.1. The van der Waals surface area contributed by atoms with E-state index in [0.717, 1.165) is 5.52 Å². The zero-order valence-electron chi connectivity index (χ0n) is 21.4. The first-order valence-corrected chi connectivity index (χ1v) is 13.2. The normalized spacial score (nSPS) is 27.1. The van der Waals surface area contributed by atoms with Crippen LogP contribution in [0.15, 0.2) is 48.5 Å². The molecule has 39 heavy (non-hydrogen) atoms. The molecule has 12 heteroatoms. The highest BCUT2D eigenvalue weighted by Crippen LogP contribution is 2.58. The second kappa shape index (κ2) is 9.93. The van der Waals surface area contributed by atoms with Gasteiger partial charge in [0.15, 0.2) is 0 Å². The third kappa shape index (κ3) is 4.10. The molecule has 6 rings (SSSR count). The molecule has 2 aromatic carbocycles. The molecule has 12 nitrogen and oxygen atoms in total. The Balaban J connectivity index is 1.23. The third-order valence-corrected chi connectivity index (χ3v) is 7.95. The van der Waals surface area contributed by atoms with Gasteiger partial charge in [0.2, 0.25) is 17.7 Å². The molecule has 5 atom stereocenters. The molecule has 0 saturated carbocycles.